The lowest BCUT2D eigenvalue weighted by molar-refractivity contribution is 0.0406. The SMILES string of the molecule is COc1cc(C(O)C2=C(c3ccccc3)N(C(=O)OC(C)(C)C)C(c3ccccc3)=CO2)cc(OC)c1OC. The zero-order valence-electron chi connectivity index (χ0n) is 22.9. The second-order valence-corrected chi connectivity index (χ2v) is 9.74. The fourth-order valence-corrected chi connectivity index (χ4v) is 4.23. The van der Waals surface area contributed by atoms with E-state index in [1.807, 2.05) is 60.7 Å². The number of hydrogen-bond donors (Lipinski definition) is 1. The Bertz CT molecular complexity index is 1350. The highest BCUT2D eigenvalue weighted by Crippen LogP contribution is 2.45. The van der Waals surface area contributed by atoms with Crippen molar-refractivity contribution in [2.75, 3.05) is 21.3 Å². The predicted molar refractivity (Wildman–Crippen MR) is 148 cm³/mol. The third-order valence-electron chi connectivity index (χ3n) is 5.94. The van der Waals surface area contributed by atoms with E-state index in [1.54, 1.807) is 32.9 Å². The molecule has 4 rings (SSSR count). The average molecular weight is 532 g/mol. The molecular weight excluding hydrogens is 498 g/mol. The molecule has 0 aliphatic carbocycles. The molecule has 1 atom stereocenters. The Morgan fingerprint density at radius 2 is 1.38 bits per heavy atom. The number of nitrogens with zero attached hydrogens (tertiary/aromatic N) is 1. The van der Waals surface area contributed by atoms with Crippen molar-refractivity contribution in [3.05, 3.63) is 102 Å². The maximum atomic E-state index is 13.8. The molecule has 1 heterocycles. The number of rotatable bonds is 7. The summed E-state index contributed by atoms with van der Waals surface area (Å²) in [7, 11) is 4.50. The summed E-state index contributed by atoms with van der Waals surface area (Å²) >= 11 is 0. The molecule has 1 aliphatic heterocycles. The standard InChI is InChI=1S/C31H33NO7/c1-31(2,3)39-30(34)32-23(20-13-9-7-10-14-20)19-38-29(26(32)21-15-11-8-12-16-21)27(33)22-17-24(35-4)28(37-6)25(18-22)36-5/h7-19,27,33H,1-6H3. The van der Waals surface area contributed by atoms with Crippen molar-refractivity contribution in [3.63, 3.8) is 0 Å². The van der Waals surface area contributed by atoms with Gasteiger partial charge in [0.1, 0.15) is 23.7 Å². The van der Waals surface area contributed by atoms with Crippen LogP contribution >= 0.6 is 0 Å². The molecular formula is C31H33NO7. The topological polar surface area (TPSA) is 86.7 Å². The van der Waals surface area contributed by atoms with Gasteiger partial charge in [0, 0.05) is 11.1 Å². The van der Waals surface area contributed by atoms with Gasteiger partial charge in [-0.3, -0.25) is 0 Å². The Morgan fingerprint density at radius 1 is 0.846 bits per heavy atom. The monoisotopic (exact) mass is 531 g/mol. The van der Waals surface area contributed by atoms with Gasteiger partial charge in [0.05, 0.1) is 27.0 Å². The molecule has 1 amide bonds. The van der Waals surface area contributed by atoms with E-state index in [4.69, 9.17) is 23.7 Å². The lowest BCUT2D eigenvalue weighted by Crippen LogP contribution is -2.37. The van der Waals surface area contributed by atoms with Gasteiger partial charge in [-0.1, -0.05) is 60.7 Å². The van der Waals surface area contributed by atoms with Crippen LogP contribution in [0.4, 0.5) is 4.79 Å². The van der Waals surface area contributed by atoms with Gasteiger partial charge in [-0.2, -0.15) is 0 Å². The van der Waals surface area contributed by atoms with Gasteiger partial charge in [-0.05, 0) is 38.5 Å². The van der Waals surface area contributed by atoms with Crippen LogP contribution in [0.2, 0.25) is 0 Å². The molecule has 3 aromatic rings. The van der Waals surface area contributed by atoms with E-state index in [0.717, 1.165) is 5.56 Å². The van der Waals surface area contributed by atoms with Gasteiger partial charge in [0.15, 0.2) is 17.3 Å². The summed E-state index contributed by atoms with van der Waals surface area (Å²) in [5.41, 5.74) is 1.82. The van der Waals surface area contributed by atoms with Crippen molar-refractivity contribution in [1.82, 2.24) is 4.90 Å². The van der Waals surface area contributed by atoms with Gasteiger partial charge in [-0.15, -0.1) is 0 Å². The van der Waals surface area contributed by atoms with Crippen molar-refractivity contribution in [1.29, 1.82) is 0 Å². The summed E-state index contributed by atoms with van der Waals surface area (Å²) in [4.78, 5) is 15.2. The number of methoxy groups -OCH3 is 3. The maximum Gasteiger partial charge on any atom is 0.419 e. The van der Waals surface area contributed by atoms with Crippen LogP contribution in [-0.2, 0) is 9.47 Å². The maximum absolute atomic E-state index is 13.8. The molecule has 0 saturated heterocycles. The molecule has 0 fully saturated rings. The first kappa shape index (κ1) is 27.6. The minimum absolute atomic E-state index is 0.126. The van der Waals surface area contributed by atoms with E-state index in [0.29, 0.717) is 39.8 Å². The van der Waals surface area contributed by atoms with Crippen LogP contribution in [0.5, 0.6) is 17.2 Å². The summed E-state index contributed by atoms with van der Waals surface area (Å²) in [6.45, 7) is 5.40. The second-order valence-electron chi connectivity index (χ2n) is 9.74. The van der Waals surface area contributed by atoms with E-state index in [2.05, 4.69) is 0 Å². The molecule has 204 valence electrons. The molecule has 1 unspecified atom stereocenters. The average Bonchev–Trinajstić information content (AvgIpc) is 2.95. The number of hydrogen-bond acceptors (Lipinski definition) is 7. The van der Waals surface area contributed by atoms with Crippen molar-refractivity contribution < 1.29 is 33.6 Å². The molecule has 8 heteroatoms. The summed E-state index contributed by atoms with van der Waals surface area (Å²) in [5, 5.41) is 11.7. The molecule has 0 spiro atoms. The van der Waals surface area contributed by atoms with Gasteiger partial charge >= 0.3 is 6.09 Å². The summed E-state index contributed by atoms with van der Waals surface area (Å²) in [5.74, 6) is 1.25. The third kappa shape index (κ3) is 5.86. The summed E-state index contributed by atoms with van der Waals surface area (Å²) in [6.07, 6.45) is -0.482. The van der Waals surface area contributed by atoms with Gasteiger partial charge in [-0.25, -0.2) is 9.69 Å². The molecule has 1 aliphatic rings. The first-order valence-corrected chi connectivity index (χ1v) is 12.4. The van der Waals surface area contributed by atoms with Crippen LogP contribution < -0.4 is 14.2 Å². The number of carbonyl (C=O) groups is 1. The molecule has 39 heavy (non-hydrogen) atoms. The Balaban J connectivity index is 1.94. The number of benzene rings is 3. The largest absolute Gasteiger partial charge is 0.493 e. The third-order valence-corrected chi connectivity index (χ3v) is 5.94. The molecule has 0 saturated carbocycles. The van der Waals surface area contributed by atoms with Gasteiger partial charge in [0.2, 0.25) is 5.75 Å². The van der Waals surface area contributed by atoms with Crippen LogP contribution in [0, 0.1) is 0 Å². The molecule has 0 radical (unpaired) electrons. The highest BCUT2D eigenvalue weighted by atomic mass is 16.6. The van der Waals surface area contributed by atoms with Crippen molar-refractivity contribution in [2.45, 2.75) is 32.5 Å². The van der Waals surface area contributed by atoms with E-state index < -0.39 is 17.8 Å². The summed E-state index contributed by atoms with van der Waals surface area (Å²) in [6, 6.07) is 21.9. The van der Waals surface area contributed by atoms with Crippen LogP contribution in [0.25, 0.3) is 11.4 Å². The first-order chi connectivity index (χ1) is 18.7. The molecule has 1 N–H and O–H groups in total. The lowest BCUT2D eigenvalue weighted by Gasteiger charge is -2.35. The number of amides is 1. The normalized spacial score (nSPS) is 14.2. The predicted octanol–water partition coefficient (Wildman–Crippen LogP) is 6.38. The lowest BCUT2D eigenvalue weighted by atomic mass is 9.99. The molecule has 8 nitrogen and oxygen atoms in total. The highest BCUT2D eigenvalue weighted by molar-refractivity contribution is 5.95. The zero-order valence-corrected chi connectivity index (χ0v) is 22.9. The van der Waals surface area contributed by atoms with E-state index in [-0.39, 0.29) is 5.76 Å². The van der Waals surface area contributed by atoms with Gasteiger partial charge in [0.25, 0.3) is 0 Å². The number of aliphatic hydroxyl groups excluding tert-OH is 1. The minimum Gasteiger partial charge on any atom is -0.493 e. The van der Waals surface area contributed by atoms with Crippen molar-refractivity contribution in [2.24, 2.45) is 0 Å². The first-order valence-electron chi connectivity index (χ1n) is 12.4. The number of ether oxygens (including phenoxy) is 5. The Kier molecular flexibility index (Phi) is 8.16. The van der Waals surface area contributed by atoms with E-state index >= 15 is 0 Å². The molecule has 3 aromatic carbocycles. The molecule has 0 aromatic heterocycles. The number of carbonyl (C=O) groups excluding carboxylic acids is 1. The Morgan fingerprint density at radius 3 is 1.87 bits per heavy atom. The smallest absolute Gasteiger partial charge is 0.419 e. The van der Waals surface area contributed by atoms with Crippen LogP contribution in [-0.4, -0.2) is 43.0 Å². The highest BCUT2D eigenvalue weighted by Gasteiger charge is 2.37. The van der Waals surface area contributed by atoms with Crippen molar-refractivity contribution in [3.8, 4) is 17.2 Å². The number of aliphatic hydroxyl groups is 1. The van der Waals surface area contributed by atoms with Crippen LogP contribution in [0.1, 0.15) is 43.6 Å². The van der Waals surface area contributed by atoms with Crippen molar-refractivity contribution >= 4 is 17.5 Å². The van der Waals surface area contributed by atoms with Crippen LogP contribution in [0.15, 0.2) is 84.8 Å². The minimum atomic E-state index is -1.31. The zero-order chi connectivity index (χ0) is 28.2. The summed E-state index contributed by atoms with van der Waals surface area (Å²) < 4.78 is 28.4. The fraction of sp³-hybridized carbons (Fsp3) is 0.258. The Labute approximate surface area is 228 Å². The van der Waals surface area contributed by atoms with Gasteiger partial charge < -0.3 is 28.8 Å². The Hall–Kier alpha value is -4.43. The van der Waals surface area contributed by atoms with Crippen LogP contribution in [0.3, 0.4) is 0 Å². The second kappa shape index (κ2) is 11.5. The molecule has 0 bridgehead atoms. The van der Waals surface area contributed by atoms with E-state index in [9.17, 15) is 9.90 Å². The fourth-order valence-electron chi connectivity index (χ4n) is 4.23. The van der Waals surface area contributed by atoms with E-state index in [1.165, 1.54) is 32.5 Å². The quantitative estimate of drug-likeness (QED) is 0.379.